The summed E-state index contributed by atoms with van der Waals surface area (Å²) in [6, 6.07) is 3.23. The molecule has 70 valence electrons. The maximum atomic E-state index is 11.1. The first-order chi connectivity index (χ1) is 6.06. The highest BCUT2D eigenvalue weighted by molar-refractivity contribution is 9.11. The lowest BCUT2D eigenvalue weighted by molar-refractivity contribution is 0.0600. The maximum Gasteiger partial charge on any atom is 0.337 e. The van der Waals surface area contributed by atoms with E-state index < -0.39 is 0 Å². The van der Waals surface area contributed by atoms with E-state index >= 15 is 0 Å². The predicted molar refractivity (Wildman–Crippen MR) is 57.6 cm³/mol. The zero-order valence-corrected chi connectivity index (χ0v) is 9.98. The molecule has 0 saturated carbocycles. The third kappa shape index (κ3) is 2.22. The molecule has 3 nitrogen and oxygen atoms in total. The van der Waals surface area contributed by atoms with Gasteiger partial charge < -0.3 is 10.5 Å². The third-order valence-electron chi connectivity index (χ3n) is 1.50. The molecule has 0 amide bonds. The molecule has 0 unspecified atom stereocenters. The number of methoxy groups -OCH3 is 1. The van der Waals surface area contributed by atoms with Gasteiger partial charge in [-0.05, 0) is 44.0 Å². The molecule has 0 saturated heterocycles. The van der Waals surface area contributed by atoms with Gasteiger partial charge in [0.1, 0.15) is 0 Å². The van der Waals surface area contributed by atoms with E-state index in [1.54, 1.807) is 12.1 Å². The highest BCUT2D eigenvalue weighted by Crippen LogP contribution is 2.29. The molecular formula is C8H7Br2NO2. The quantitative estimate of drug-likeness (QED) is 0.641. The van der Waals surface area contributed by atoms with E-state index in [1.807, 2.05) is 0 Å². The molecule has 0 spiro atoms. The number of nitrogen functional groups attached to an aromatic ring is 1. The van der Waals surface area contributed by atoms with Crippen LogP contribution in [0, 0.1) is 0 Å². The van der Waals surface area contributed by atoms with Gasteiger partial charge in [0.2, 0.25) is 0 Å². The minimum absolute atomic E-state index is 0.388. The Morgan fingerprint density at radius 2 is 1.85 bits per heavy atom. The van der Waals surface area contributed by atoms with Crippen LogP contribution in [-0.4, -0.2) is 13.1 Å². The molecule has 2 N–H and O–H groups in total. The van der Waals surface area contributed by atoms with E-state index in [2.05, 4.69) is 36.6 Å². The molecular weight excluding hydrogens is 302 g/mol. The number of nitrogens with two attached hydrogens (primary N) is 1. The summed E-state index contributed by atoms with van der Waals surface area (Å²) in [6.45, 7) is 0. The number of ether oxygens (including phenoxy) is 1. The Morgan fingerprint density at radius 3 is 2.23 bits per heavy atom. The highest BCUT2D eigenvalue weighted by Gasteiger charge is 2.10. The summed E-state index contributed by atoms with van der Waals surface area (Å²) in [6.07, 6.45) is 0. The second-order valence-corrected chi connectivity index (χ2v) is 4.05. The van der Waals surface area contributed by atoms with Gasteiger partial charge in [0, 0.05) is 8.95 Å². The summed E-state index contributed by atoms with van der Waals surface area (Å²) >= 11 is 6.46. The number of hydrogen-bond acceptors (Lipinski definition) is 3. The third-order valence-corrected chi connectivity index (χ3v) is 2.81. The van der Waals surface area contributed by atoms with Crippen LogP contribution in [0.15, 0.2) is 21.1 Å². The highest BCUT2D eigenvalue weighted by atomic mass is 79.9. The first kappa shape index (κ1) is 10.5. The van der Waals surface area contributed by atoms with Crippen molar-refractivity contribution < 1.29 is 9.53 Å². The lowest BCUT2D eigenvalue weighted by Gasteiger charge is -2.04. The van der Waals surface area contributed by atoms with Gasteiger partial charge in [-0.25, -0.2) is 4.79 Å². The van der Waals surface area contributed by atoms with Gasteiger partial charge in [-0.3, -0.25) is 0 Å². The topological polar surface area (TPSA) is 52.3 Å². The molecule has 0 aromatic heterocycles. The molecule has 1 aromatic rings. The summed E-state index contributed by atoms with van der Waals surface area (Å²) < 4.78 is 5.90. The molecule has 0 aliphatic carbocycles. The molecule has 0 aliphatic heterocycles. The van der Waals surface area contributed by atoms with E-state index in [0.29, 0.717) is 20.2 Å². The molecule has 0 radical (unpaired) electrons. The second-order valence-electron chi connectivity index (χ2n) is 2.35. The lowest BCUT2D eigenvalue weighted by atomic mass is 10.2. The SMILES string of the molecule is COC(=O)c1cc(Br)c(N)c(Br)c1. The van der Waals surface area contributed by atoms with Crippen LogP contribution < -0.4 is 5.73 Å². The molecule has 13 heavy (non-hydrogen) atoms. The summed E-state index contributed by atoms with van der Waals surface area (Å²) in [7, 11) is 1.33. The van der Waals surface area contributed by atoms with Gasteiger partial charge in [-0.1, -0.05) is 0 Å². The number of benzene rings is 1. The van der Waals surface area contributed by atoms with Crippen LogP contribution in [0.5, 0.6) is 0 Å². The van der Waals surface area contributed by atoms with Crippen molar-refractivity contribution in [3.05, 3.63) is 26.6 Å². The second kappa shape index (κ2) is 4.11. The van der Waals surface area contributed by atoms with Crippen LogP contribution in [0.4, 0.5) is 5.69 Å². The van der Waals surface area contributed by atoms with Crippen LogP contribution >= 0.6 is 31.9 Å². The first-order valence-corrected chi connectivity index (χ1v) is 4.97. The summed E-state index contributed by atoms with van der Waals surface area (Å²) in [5.74, 6) is -0.388. The maximum absolute atomic E-state index is 11.1. The molecule has 0 atom stereocenters. The Morgan fingerprint density at radius 1 is 1.38 bits per heavy atom. The lowest BCUT2D eigenvalue weighted by Crippen LogP contribution is -2.02. The number of esters is 1. The molecule has 1 rings (SSSR count). The number of carbonyl (C=O) groups is 1. The van der Waals surface area contributed by atoms with Gasteiger partial charge in [0.15, 0.2) is 0 Å². The normalized spacial score (nSPS) is 9.77. The van der Waals surface area contributed by atoms with Crippen LogP contribution in [-0.2, 0) is 4.74 Å². The van der Waals surface area contributed by atoms with Crippen molar-refractivity contribution in [3.63, 3.8) is 0 Å². The predicted octanol–water partition coefficient (Wildman–Crippen LogP) is 2.58. The van der Waals surface area contributed by atoms with Crippen molar-refractivity contribution in [2.75, 3.05) is 12.8 Å². The standard InChI is InChI=1S/C8H7Br2NO2/c1-13-8(12)4-2-5(9)7(11)6(10)3-4/h2-3H,11H2,1H3. The fraction of sp³-hybridized carbons (Fsp3) is 0.125. The van der Waals surface area contributed by atoms with Crippen molar-refractivity contribution >= 4 is 43.5 Å². The number of hydrogen-bond donors (Lipinski definition) is 1. The van der Waals surface area contributed by atoms with Crippen LogP contribution in [0.3, 0.4) is 0 Å². The molecule has 5 heteroatoms. The zero-order valence-electron chi connectivity index (χ0n) is 6.80. The van der Waals surface area contributed by atoms with Gasteiger partial charge in [-0.15, -0.1) is 0 Å². The Balaban J connectivity index is 3.20. The molecule has 1 aromatic carbocycles. The monoisotopic (exact) mass is 307 g/mol. The van der Waals surface area contributed by atoms with Gasteiger partial charge in [-0.2, -0.15) is 0 Å². The van der Waals surface area contributed by atoms with E-state index in [0.717, 1.165) is 0 Å². The Hall–Kier alpha value is -0.550. The van der Waals surface area contributed by atoms with Crippen LogP contribution in [0.2, 0.25) is 0 Å². The van der Waals surface area contributed by atoms with E-state index in [-0.39, 0.29) is 5.97 Å². The number of carbonyl (C=O) groups excluding carboxylic acids is 1. The van der Waals surface area contributed by atoms with Crippen molar-refractivity contribution in [1.29, 1.82) is 0 Å². The first-order valence-electron chi connectivity index (χ1n) is 3.39. The fourth-order valence-corrected chi connectivity index (χ4v) is 2.01. The van der Waals surface area contributed by atoms with Crippen molar-refractivity contribution in [1.82, 2.24) is 0 Å². The summed E-state index contributed by atoms with van der Waals surface area (Å²) in [5, 5.41) is 0. The Labute approximate surface area is 92.5 Å². The van der Waals surface area contributed by atoms with Gasteiger partial charge in [0.25, 0.3) is 0 Å². The van der Waals surface area contributed by atoms with Gasteiger partial charge in [0.05, 0.1) is 18.4 Å². The largest absolute Gasteiger partial charge is 0.465 e. The van der Waals surface area contributed by atoms with Gasteiger partial charge >= 0.3 is 5.97 Å². The van der Waals surface area contributed by atoms with E-state index in [4.69, 9.17) is 5.73 Å². The molecule has 0 aliphatic rings. The van der Waals surface area contributed by atoms with Crippen molar-refractivity contribution in [3.8, 4) is 0 Å². The number of halogens is 2. The molecule has 0 heterocycles. The molecule has 0 fully saturated rings. The smallest absolute Gasteiger partial charge is 0.337 e. The fourth-order valence-electron chi connectivity index (χ4n) is 0.820. The number of rotatable bonds is 1. The van der Waals surface area contributed by atoms with E-state index in [9.17, 15) is 4.79 Å². The van der Waals surface area contributed by atoms with Crippen LogP contribution in [0.25, 0.3) is 0 Å². The van der Waals surface area contributed by atoms with Crippen LogP contribution in [0.1, 0.15) is 10.4 Å². The number of anilines is 1. The summed E-state index contributed by atoms with van der Waals surface area (Å²) in [5.41, 5.74) is 6.66. The Kier molecular flexibility index (Phi) is 3.33. The van der Waals surface area contributed by atoms with Crippen molar-refractivity contribution in [2.45, 2.75) is 0 Å². The zero-order chi connectivity index (χ0) is 10.0. The average Bonchev–Trinajstić information content (AvgIpc) is 2.12. The average molecular weight is 309 g/mol. The summed E-state index contributed by atoms with van der Waals surface area (Å²) in [4.78, 5) is 11.1. The minimum Gasteiger partial charge on any atom is -0.465 e. The van der Waals surface area contributed by atoms with E-state index in [1.165, 1.54) is 7.11 Å². The molecule has 0 bridgehead atoms. The minimum atomic E-state index is -0.388. The Bertz CT molecular complexity index is 329. The van der Waals surface area contributed by atoms with Crippen molar-refractivity contribution in [2.24, 2.45) is 0 Å².